The van der Waals surface area contributed by atoms with Crippen molar-refractivity contribution in [2.45, 2.75) is 91.9 Å². The van der Waals surface area contributed by atoms with E-state index >= 15 is 0 Å². The summed E-state index contributed by atoms with van der Waals surface area (Å²) in [4.78, 5) is 50.0. The SMILES string of the molecule is CC(C)(CCCCC1=CC(=O)CC(c2ccccc2C2=CC(=O)CC(CCCCC(C)(C)C(=O)O)=S2[O-])=S1[O-])C(=O)O. The van der Waals surface area contributed by atoms with Crippen molar-refractivity contribution < 1.29 is 38.5 Å². The van der Waals surface area contributed by atoms with Gasteiger partial charge in [0.25, 0.3) is 0 Å². The Morgan fingerprint density at radius 3 is 1.86 bits per heavy atom. The van der Waals surface area contributed by atoms with Crippen LogP contribution in [0, 0.1) is 10.8 Å². The van der Waals surface area contributed by atoms with Gasteiger partial charge in [-0.1, -0.05) is 37.1 Å². The summed E-state index contributed by atoms with van der Waals surface area (Å²) in [6.45, 7) is 6.66. The van der Waals surface area contributed by atoms with E-state index in [1.807, 2.05) is 0 Å². The molecule has 2 aliphatic heterocycles. The van der Waals surface area contributed by atoms with E-state index in [0.29, 0.717) is 82.0 Å². The van der Waals surface area contributed by atoms with Crippen LogP contribution in [0.5, 0.6) is 0 Å². The number of carboxylic acids is 2. The summed E-state index contributed by atoms with van der Waals surface area (Å²) in [6.07, 6.45) is 6.97. The molecule has 3 rings (SSSR count). The molecule has 0 fully saturated rings. The Morgan fingerprint density at radius 1 is 0.762 bits per heavy atom. The fourth-order valence-corrected chi connectivity index (χ4v) is 8.03. The molecule has 10 heteroatoms. The average molecular weight is 617 g/mol. The molecule has 1 aromatic rings. The van der Waals surface area contributed by atoms with Crippen LogP contribution in [0.1, 0.15) is 103 Å². The highest BCUT2D eigenvalue weighted by Gasteiger charge is 2.28. The second-order valence-corrected chi connectivity index (χ2v) is 15.4. The van der Waals surface area contributed by atoms with Gasteiger partial charge in [0.15, 0.2) is 11.6 Å². The van der Waals surface area contributed by atoms with Crippen molar-refractivity contribution in [2.24, 2.45) is 10.8 Å². The summed E-state index contributed by atoms with van der Waals surface area (Å²) in [6, 6.07) is 6.96. The number of rotatable bonds is 14. The standard InChI is InChI=1S/C32H41O8S2/c1-31(2,29(35)36)15-9-7-11-23-17-21(33)19-27(41(23)39)25-13-5-6-14-26(25)28-20-22(34)18-24(42(28)40)12-8-10-16-32(3,4)30(37)38/h5-6,13-14,17,20H,7-12,15-16,18-19H2,1-4H3,(H3-,34,35,36,37,38,39,40)/q-1/p-1. The molecule has 1 aromatic carbocycles. The summed E-state index contributed by atoms with van der Waals surface area (Å²) >= 11 is 0. The number of allylic oxidation sites excluding steroid dienone is 3. The third-order valence-corrected chi connectivity index (χ3v) is 11.1. The number of ketones is 2. The second-order valence-electron chi connectivity index (χ2n) is 12.2. The fraction of sp³-hybridized carbons (Fsp3) is 0.500. The lowest BCUT2D eigenvalue weighted by Gasteiger charge is -2.32. The number of carbonyl (C=O) groups is 4. The van der Waals surface area contributed by atoms with Crippen LogP contribution in [0.2, 0.25) is 0 Å². The quantitative estimate of drug-likeness (QED) is 0.173. The van der Waals surface area contributed by atoms with Crippen LogP contribution in [0.4, 0.5) is 0 Å². The molecular weight excluding hydrogens is 576 g/mol. The summed E-state index contributed by atoms with van der Waals surface area (Å²) in [5, 5.41) is 18.7. The lowest BCUT2D eigenvalue weighted by Crippen LogP contribution is -2.23. The first-order valence-corrected chi connectivity index (χ1v) is 16.5. The van der Waals surface area contributed by atoms with Gasteiger partial charge in [0.1, 0.15) is 0 Å². The molecule has 2 unspecified atom stereocenters. The lowest BCUT2D eigenvalue weighted by molar-refractivity contribution is -0.148. The van der Waals surface area contributed by atoms with E-state index in [1.54, 1.807) is 52.0 Å². The number of aliphatic carboxylic acids is 2. The second kappa shape index (κ2) is 14.2. The van der Waals surface area contributed by atoms with Gasteiger partial charge < -0.3 is 19.3 Å². The predicted octanol–water partition coefficient (Wildman–Crippen LogP) is 6.69. The monoisotopic (exact) mass is 616 g/mol. The van der Waals surface area contributed by atoms with Gasteiger partial charge in [0, 0.05) is 12.8 Å². The largest absolute Gasteiger partial charge is 0.799 e. The number of hydrogen-bond acceptors (Lipinski definition) is 6. The normalized spacial score (nSPS) is 20.0. The van der Waals surface area contributed by atoms with Gasteiger partial charge in [-0.2, -0.15) is 0 Å². The van der Waals surface area contributed by atoms with Crippen LogP contribution in [0.25, 0.3) is 4.91 Å². The van der Waals surface area contributed by atoms with Crippen LogP contribution < -0.4 is 0 Å². The van der Waals surface area contributed by atoms with E-state index in [9.17, 15) is 38.5 Å². The van der Waals surface area contributed by atoms with E-state index < -0.39 is 44.3 Å². The number of carboxylic acid groups (broad SMARTS) is 2. The number of carbonyl (C=O) groups excluding carboxylic acids is 2. The molecule has 2 N–H and O–H groups in total. The first-order chi connectivity index (χ1) is 19.6. The fourth-order valence-electron chi connectivity index (χ4n) is 4.96. The van der Waals surface area contributed by atoms with Crippen molar-refractivity contribution in [1.82, 2.24) is 0 Å². The predicted molar refractivity (Wildman–Crippen MR) is 167 cm³/mol. The van der Waals surface area contributed by atoms with Gasteiger partial charge in [-0.25, -0.2) is 21.5 Å². The maximum atomic E-state index is 13.7. The zero-order valence-electron chi connectivity index (χ0n) is 24.7. The summed E-state index contributed by atoms with van der Waals surface area (Å²) < 4.78 is 27.3. The third-order valence-electron chi connectivity index (χ3n) is 7.88. The van der Waals surface area contributed by atoms with Crippen molar-refractivity contribution in [3.8, 4) is 0 Å². The molecule has 230 valence electrons. The smallest absolute Gasteiger partial charge is 0.309 e. The van der Waals surface area contributed by atoms with E-state index in [2.05, 4.69) is 0 Å². The van der Waals surface area contributed by atoms with Crippen molar-refractivity contribution in [1.29, 1.82) is 0 Å². The van der Waals surface area contributed by atoms with Crippen LogP contribution in [-0.2, 0) is 19.2 Å². The topological polar surface area (TPSA) is 155 Å². The van der Waals surface area contributed by atoms with Gasteiger partial charge in [-0.3, -0.25) is 19.2 Å². The molecule has 0 aliphatic carbocycles. The molecule has 0 saturated heterocycles. The van der Waals surface area contributed by atoms with Gasteiger partial charge in [0.05, 0.1) is 10.8 Å². The number of benzene rings is 1. The van der Waals surface area contributed by atoms with Crippen LogP contribution >= 0.6 is 21.5 Å². The molecule has 2 atom stereocenters. The van der Waals surface area contributed by atoms with E-state index in [0.717, 1.165) is 0 Å². The van der Waals surface area contributed by atoms with Crippen LogP contribution in [0.15, 0.2) is 41.3 Å². The molecule has 2 aliphatic rings. The lowest BCUT2D eigenvalue weighted by atomic mass is 9.87. The summed E-state index contributed by atoms with van der Waals surface area (Å²) in [5.74, 6) is -2.12. The number of hydrogen-bond donors (Lipinski definition) is 2. The van der Waals surface area contributed by atoms with E-state index in [4.69, 9.17) is 0 Å². The molecule has 8 nitrogen and oxygen atoms in total. The summed E-state index contributed by atoms with van der Waals surface area (Å²) in [5.41, 5.74) is -0.687. The first-order valence-electron chi connectivity index (χ1n) is 14.2. The Morgan fingerprint density at radius 2 is 1.29 bits per heavy atom. The number of unbranched alkanes of at least 4 members (excludes halogenated alkanes) is 2. The maximum absolute atomic E-state index is 13.7. The third kappa shape index (κ3) is 8.46. The Kier molecular flexibility index (Phi) is 11.4. The van der Waals surface area contributed by atoms with E-state index in [1.165, 1.54) is 12.2 Å². The minimum absolute atomic E-state index is 0.0526. The van der Waals surface area contributed by atoms with Crippen LogP contribution in [-0.4, -0.2) is 52.6 Å². The molecule has 0 amide bonds. The minimum atomic E-state index is -1.61. The molecule has 0 spiro atoms. The Hall–Kier alpha value is -2.66. The van der Waals surface area contributed by atoms with Crippen molar-refractivity contribution in [3.63, 3.8) is 0 Å². The average Bonchev–Trinajstić information content (AvgIpc) is 2.92. The molecule has 2 heterocycles. The maximum Gasteiger partial charge on any atom is 0.309 e. The van der Waals surface area contributed by atoms with Gasteiger partial charge in [-0.05, 0) is 109 Å². The molecule has 42 heavy (non-hydrogen) atoms. The highest BCUT2D eigenvalue weighted by atomic mass is 32.2. The van der Waals surface area contributed by atoms with Crippen LogP contribution in [0.3, 0.4) is 0 Å². The molecular formula is C32H40O8S2-2. The zero-order chi connectivity index (χ0) is 31.2. The molecule has 0 saturated carbocycles. The molecule has 0 radical (unpaired) electrons. The molecule has 0 aromatic heterocycles. The Bertz CT molecular complexity index is 1340. The first kappa shape index (κ1) is 33.8. The van der Waals surface area contributed by atoms with E-state index in [-0.39, 0.29) is 24.4 Å². The van der Waals surface area contributed by atoms with Crippen molar-refractivity contribution in [2.75, 3.05) is 0 Å². The van der Waals surface area contributed by atoms with Crippen molar-refractivity contribution >= 4 is 59.7 Å². The summed E-state index contributed by atoms with van der Waals surface area (Å²) in [7, 11) is -3.21. The Balaban J connectivity index is 1.84. The van der Waals surface area contributed by atoms with Gasteiger partial charge in [-0.15, -0.1) is 0 Å². The highest BCUT2D eigenvalue weighted by Crippen LogP contribution is 2.42. The minimum Gasteiger partial charge on any atom is -0.799 e. The van der Waals surface area contributed by atoms with Gasteiger partial charge >= 0.3 is 11.9 Å². The van der Waals surface area contributed by atoms with Crippen molar-refractivity contribution in [3.05, 3.63) is 52.4 Å². The van der Waals surface area contributed by atoms with Gasteiger partial charge in [0.2, 0.25) is 0 Å². The molecule has 0 bridgehead atoms. The zero-order valence-corrected chi connectivity index (χ0v) is 26.3. The Labute approximate surface area is 252 Å². The highest BCUT2D eigenvalue weighted by molar-refractivity contribution is 8.19.